The quantitative estimate of drug-likeness (QED) is 0.723. The fourth-order valence-electron chi connectivity index (χ4n) is 1.58. The molecular weight excluding hydrogens is 196 g/mol. The van der Waals surface area contributed by atoms with Gasteiger partial charge >= 0.3 is 0 Å². The van der Waals surface area contributed by atoms with Crippen molar-refractivity contribution in [2.75, 3.05) is 34.2 Å². The molecule has 0 spiro atoms. The molecule has 0 saturated carbocycles. The third-order valence-corrected chi connectivity index (χ3v) is 2.57. The molecule has 0 aromatic heterocycles. The van der Waals surface area contributed by atoms with Crippen molar-refractivity contribution in [2.45, 2.75) is 6.54 Å². The first kappa shape index (κ1) is 12.9. The van der Waals surface area contributed by atoms with E-state index in [0.717, 1.165) is 19.6 Å². The Hall–Kier alpha value is -1.12. The highest BCUT2D eigenvalue weighted by molar-refractivity contribution is 5.47. The first-order chi connectivity index (χ1) is 7.61. The Morgan fingerprint density at radius 1 is 1.19 bits per heavy atom. The summed E-state index contributed by atoms with van der Waals surface area (Å²) >= 11 is 0. The number of benzene rings is 1. The summed E-state index contributed by atoms with van der Waals surface area (Å²) < 4.78 is 0. The van der Waals surface area contributed by atoms with E-state index in [2.05, 4.69) is 61.8 Å². The molecule has 0 aliphatic rings. The van der Waals surface area contributed by atoms with Gasteiger partial charge in [-0.3, -0.25) is 0 Å². The Morgan fingerprint density at radius 2 is 1.94 bits per heavy atom. The second-order valence-corrected chi connectivity index (χ2v) is 4.49. The van der Waals surface area contributed by atoms with E-state index in [1.165, 1.54) is 11.1 Å². The van der Waals surface area contributed by atoms with Crippen molar-refractivity contribution >= 4 is 6.08 Å². The molecule has 0 aliphatic carbocycles. The zero-order valence-electron chi connectivity index (χ0n) is 10.6. The highest BCUT2D eigenvalue weighted by atomic mass is 15.1. The van der Waals surface area contributed by atoms with Crippen molar-refractivity contribution in [2.24, 2.45) is 0 Å². The Kier molecular flexibility index (Phi) is 5.23. The summed E-state index contributed by atoms with van der Waals surface area (Å²) in [4.78, 5) is 4.54. The van der Waals surface area contributed by atoms with Crippen molar-refractivity contribution in [1.29, 1.82) is 0 Å². The smallest absolute Gasteiger partial charge is 0.0231 e. The minimum Gasteiger partial charge on any atom is -0.308 e. The van der Waals surface area contributed by atoms with E-state index in [1.54, 1.807) is 0 Å². The molecule has 0 aliphatic heterocycles. The first-order valence-electron chi connectivity index (χ1n) is 5.66. The van der Waals surface area contributed by atoms with Crippen LogP contribution in [0.3, 0.4) is 0 Å². The molecule has 0 heterocycles. The van der Waals surface area contributed by atoms with E-state index >= 15 is 0 Å². The van der Waals surface area contributed by atoms with Gasteiger partial charge in [-0.1, -0.05) is 36.9 Å². The lowest BCUT2D eigenvalue weighted by molar-refractivity contribution is 0.276. The maximum absolute atomic E-state index is 3.79. The highest BCUT2D eigenvalue weighted by Gasteiger charge is 2.01. The first-order valence-corrected chi connectivity index (χ1v) is 5.66. The number of likely N-dealkylation sites (N-methyl/N-ethyl adjacent to an activating group) is 2. The van der Waals surface area contributed by atoms with Crippen LogP contribution in [0.5, 0.6) is 0 Å². The highest BCUT2D eigenvalue weighted by Crippen LogP contribution is 2.08. The van der Waals surface area contributed by atoms with Crippen LogP contribution in [-0.4, -0.2) is 44.0 Å². The normalized spacial score (nSPS) is 11.1. The summed E-state index contributed by atoms with van der Waals surface area (Å²) in [6.07, 6.45) is 1.89. The lowest BCUT2D eigenvalue weighted by atomic mass is 10.1. The van der Waals surface area contributed by atoms with Crippen molar-refractivity contribution < 1.29 is 0 Å². The van der Waals surface area contributed by atoms with Gasteiger partial charge in [0.1, 0.15) is 0 Å². The Bertz CT molecular complexity index is 331. The van der Waals surface area contributed by atoms with Gasteiger partial charge in [0.05, 0.1) is 0 Å². The van der Waals surface area contributed by atoms with Crippen molar-refractivity contribution in [1.82, 2.24) is 9.80 Å². The Morgan fingerprint density at radius 3 is 2.56 bits per heavy atom. The van der Waals surface area contributed by atoms with Crippen molar-refractivity contribution in [3.63, 3.8) is 0 Å². The molecule has 1 aromatic carbocycles. The van der Waals surface area contributed by atoms with Gasteiger partial charge in [-0.05, 0) is 32.3 Å². The second kappa shape index (κ2) is 6.46. The molecule has 0 atom stereocenters. The number of hydrogen-bond acceptors (Lipinski definition) is 2. The minimum absolute atomic E-state index is 0.996. The predicted molar refractivity (Wildman–Crippen MR) is 71.4 cm³/mol. The van der Waals surface area contributed by atoms with Crippen LogP contribution in [-0.2, 0) is 6.54 Å². The van der Waals surface area contributed by atoms with Crippen LogP contribution in [0.15, 0.2) is 30.8 Å². The van der Waals surface area contributed by atoms with E-state index in [1.807, 2.05) is 6.08 Å². The van der Waals surface area contributed by atoms with E-state index in [4.69, 9.17) is 0 Å². The zero-order valence-corrected chi connectivity index (χ0v) is 10.6. The average Bonchev–Trinajstić information content (AvgIpc) is 2.26. The van der Waals surface area contributed by atoms with Crippen LogP contribution in [0.25, 0.3) is 6.08 Å². The summed E-state index contributed by atoms with van der Waals surface area (Å²) in [6.45, 7) is 6.97. The van der Waals surface area contributed by atoms with Crippen molar-refractivity contribution in [3.05, 3.63) is 42.0 Å². The molecule has 1 rings (SSSR count). The summed E-state index contributed by atoms with van der Waals surface area (Å²) in [5.74, 6) is 0. The number of hydrogen-bond donors (Lipinski definition) is 0. The molecule has 0 bridgehead atoms. The molecule has 0 N–H and O–H groups in total. The monoisotopic (exact) mass is 218 g/mol. The van der Waals surface area contributed by atoms with Gasteiger partial charge in [-0.25, -0.2) is 0 Å². The van der Waals surface area contributed by atoms with Crippen LogP contribution in [0.2, 0.25) is 0 Å². The van der Waals surface area contributed by atoms with E-state index in [9.17, 15) is 0 Å². The van der Waals surface area contributed by atoms with Gasteiger partial charge < -0.3 is 9.80 Å². The Balaban J connectivity index is 2.48. The van der Waals surface area contributed by atoms with Gasteiger partial charge in [0, 0.05) is 19.6 Å². The standard InChI is InChI=1S/C14H22N2/c1-5-13-7-6-8-14(11-13)12-16(4)10-9-15(2)3/h5-8,11H,1,9-10,12H2,2-4H3. The van der Waals surface area contributed by atoms with Gasteiger partial charge in [-0.2, -0.15) is 0 Å². The molecule has 0 amide bonds. The molecule has 0 radical (unpaired) electrons. The zero-order chi connectivity index (χ0) is 12.0. The van der Waals surface area contributed by atoms with E-state index in [-0.39, 0.29) is 0 Å². The van der Waals surface area contributed by atoms with Gasteiger partial charge in [-0.15, -0.1) is 0 Å². The van der Waals surface area contributed by atoms with Gasteiger partial charge in [0.2, 0.25) is 0 Å². The molecular formula is C14H22N2. The van der Waals surface area contributed by atoms with Crippen LogP contribution in [0, 0.1) is 0 Å². The minimum atomic E-state index is 0.996. The van der Waals surface area contributed by atoms with Crippen LogP contribution < -0.4 is 0 Å². The second-order valence-electron chi connectivity index (χ2n) is 4.49. The van der Waals surface area contributed by atoms with Crippen molar-refractivity contribution in [3.8, 4) is 0 Å². The van der Waals surface area contributed by atoms with Crippen LogP contribution >= 0.6 is 0 Å². The fourth-order valence-corrected chi connectivity index (χ4v) is 1.58. The topological polar surface area (TPSA) is 6.48 Å². The lowest BCUT2D eigenvalue weighted by Gasteiger charge is -2.19. The predicted octanol–water partition coefficient (Wildman–Crippen LogP) is 2.32. The maximum atomic E-state index is 3.79. The molecule has 0 fully saturated rings. The van der Waals surface area contributed by atoms with E-state index in [0.29, 0.717) is 0 Å². The third kappa shape index (κ3) is 4.60. The average molecular weight is 218 g/mol. The molecule has 0 saturated heterocycles. The lowest BCUT2D eigenvalue weighted by Crippen LogP contribution is -2.28. The summed E-state index contributed by atoms with van der Waals surface area (Å²) in [5.41, 5.74) is 2.54. The Labute approximate surface area is 99.2 Å². The number of rotatable bonds is 6. The third-order valence-electron chi connectivity index (χ3n) is 2.57. The largest absolute Gasteiger partial charge is 0.308 e. The van der Waals surface area contributed by atoms with Crippen LogP contribution in [0.4, 0.5) is 0 Å². The van der Waals surface area contributed by atoms with Gasteiger partial charge in [0.15, 0.2) is 0 Å². The molecule has 1 aromatic rings. The molecule has 16 heavy (non-hydrogen) atoms. The summed E-state index contributed by atoms with van der Waals surface area (Å²) in [7, 11) is 6.36. The fraction of sp³-hybridized carbons (Fsp3) is 0.429. The number of nitrogens with zero attached hydrogens (tertiary/aromatic N) is 2. The maximum Gasteiger partial charge on any atom is 0.0231 e. The molecule has 0 unspecified atom stereocenters. The molecule has 2 heteroatoms. The van der Waals surface area contributed by atoms with Crippen LogP contribution in [0.1, 0.15) is 11.1 Å². The summed E-state index contributed by atoms with van der Waals surface area (Å²) in [6, 6.07) is 8.53. The summed E-state index contributed by atoms with van der Waals surface area (Å²) in [5, 5.41) is 0. The SMILES string of the molecule is C=Cc1cccc(CN(C)CCN(C)C)c1. The molecule has 2 nitrogen and oxygen atoms in total. The van der Waals surface area contributed by atoms with Gasteiger partial charge in [0.25, 0.3) is 0 Å². The van der Waals surface area contributed by atoms with E-state index < -0.39 is 0 Å². The molecule has 88 valence electrons.